The minimum atomic E-state index is -6.16. The zero-order valence-electron chi connectivity index (χ0n) is 11.9. The quantitative estimate of drug-likeness (QED) is 0.567. The highest BCUT2D eigenvalue weighted by Gasteiger charge is 2.72. The number of benzene rings is 1. The Morgan fingerprint density at radius 2 is 1.44 bits per heavy atom. The molecule has 1 aromatic carbocycles. The molecule has 1 aromatic rings. The molecule has 0 saturated carbocycles. The van der Waals surface area contributed by atoms with Gasteiger partial charge in [-0.2, -0.15) is 39.5 Å². The topological polar surface area (TPSA) is 41.1 Å². The summed E-state index contributed by atoms with van der Waals surface area (Å²) in [6.07, 6.45) is -17.4. The number of hydrogen-bond donors (Lipinski definition) is 2. The second-order valence-corrected chi connectivity index (χ2v) is 5.15. The van der Waals surface area contributed by atoms with Gasteiger partial charge >= 0.3 is 24.2 Å². The van der Waals surface area contributed by atoms with Crippen molar-refractivity contribution in [2.75, 3.05) is 5.32 Å². The Morgan fingerprint density at radius 3 is 1.80 bits per heavy atom. The summed E-state index contributed by atoms with van der Waals surface area (Å²) in [6.45, 7) is 0.377. The van der Waals surface area contributed by atoms with E-state index in [-0.39, 0.29) is 6.07 Å². The Hall–Kier alpha value is -1.85. The third-order valence-corrected chi connectivity index (χ3v) is 3.16. The maximum atomic E-state index is 13.1. The van der Waals surface area contributed by atoms with Crippen LogP contribution in [0.25, 0.3) is 0 Å². The molecule has 1 amide bonds. The molecule has 0 bridgehead atoms. The first-order valence-corrected chi connectivity index (χ1v) is 6.46. The first kappa shape index (κ1) is 21.2. The summed E-state index contributed by atoms with van der Waals surface area (Å²) < 4.78 is 117. The van der Waals surface area contributed by atoms with Crippen molar-refractivity contribution in [3.8, 4) is 0 Å². The van der Waals surface area contributed by atoms with Gasteiger partial charge < -0.3 is 10.6 Å². The summed E-state index contributed by atoms with van der Waals surface area (Å²) in [6, 6.07) is 0.809. The van der Waals surface area contributed by atoms with E-state index in [4.69, 9.17) is 11.6 Å². The molecular weight excluding hydrogens is 395 g/mol. The molecule has 0 spiro atoms. The minimum absolute atomic E-state index is 0.0314. The van der Waals surface area contributed by atoms with Gasteiger partial charge in [-0.1, -0.05) is 11.6 Å². The number of carbonyl (C=O) groups is 1. The summed E-state index contributed by atoms with van der Waals surface area (Å²) in [5.41, 5.74) is -7.90. The Balaban J connectivity index is 3.58. The molecule has 0 saturated heterocycles. The van der Waals surface area contributed by atoms with Crippen molar-refractivity contribution >= 4 is 23.2 Å². The van der Waals surface area contributed by atoms with Gasteiger partial charge in [0.2, 0.25) is 5.91 Å². The Kier molecular flexibility index (Phi) is 5.48. The van der Waals surface area contributed by atoms with Crippen LogP contribution in [0.3, 0.4) is 0 Å². The van der Waals surface area contributed by atoms with E-state index >= 15 is 0 Å². The number of carbonyl (C=O) groups excluding carboxylic acids is 1. The van der Waals surface area contributed by atoms with Crippen LogP contribution in [0.5, 0.6) is 0 Å². The highest BCUT2D eigenvalue weighted by atomic mass is 35.5. The first-order valence-electron chi connectivity index (χ1n) is 6.08. The molecule has 0 aromatic heterocycles. The van der Waals surface area contributed by atoms with E-state index in [0.29, 0.717) is 24.4 Å². The van der Waals surface area contributed by atoms with Crippen LogP contribution < -0.4 is 10.6 Å². The van der Waals surface area contributed by atoms with Crippen molar-refractivity contribution in [1.29, 1.82) is 0 Å². The van der Waals surface area contributed by atoms with Gasteiger partial charge in [-0.05, 0) is 18.2 Å². The van der Waals surface area contributed by atoms with Gasteiger partial charge in [-0.3, -0.25) is 4.79 Å². The van der Waals surface area contributed by atoms with Gasteiger partial charge in [0, 0.05) is 6.92 Å². The third kappa shape index (κ3) is 4.41. The molecule has 0 unspecified atom stereocenters. The molecule has 25 heavy (non-hydrogen) atoms. The number of amides is 1. The van der Waals surface area contributed by atoms with Crippen molar-refractivity contribution < 1.29 is 44.3 Å². The lowest BCUT2D eigenvalue weighted by atomic mass is 10.1. The number of hydrogen-bond acceptors (Lipinski definition) is 2. The highest BCUT2D eigenvalue weighted by Crippen LogP contribution is 2.45. The van der Waals surface area contributed by atoms with Crippen molar-refractivity contribution in [3.05, 3.63) is 28.8 Å². The Labute approximate surface area is 139 Å². The lowest BCUT2D eigenvalue weighted by Gasteiger charge is -2.39. The maximum absolute atomic E-state index is 13.1. The van der Waals surface area contributed by atoms with E-state index in [1.807, 2.05) is 0 Å². The van der Waals surface area contributed by atoms with Crippen LogP contribution in [0.1, 0.15) is 12.5 Å². The van der Waals surface area contributed by atoms with E-state index in [0.717, 1.165) is 5.32 Å². The average molecular weight is 403 g/mol. The molecule has 2 N–H and O–H groups in total. The molecule has 0 radical (unpaired) electrons. The SMILES string of the molecule is CC(=O)NC(Nc1cc(C(F)(F)F)ccc1Cl)(C(F)(F)F)C(F)(F)F. The van der Waals surface area contributed by atoms with Crippen LogP contribution in [0, 0.1) is 0 Å². The molecule has 13 heteroatoms. The predicted octanol–water partition coefficient (Wildman–Crippen LogP) is 4.73. The van der Waals surface area contributed by atoms with E-state index in [2.05, 4.69) is 0 Å². The van der Waals surface area contributed by atoms with Crippen molar-refractivity contribution in [2.45, 2.75) is 31.1 Å². The number of alkyl halides is 9. The predicted molar refractivity (Wildman–Crippen MR) is 68.7 cm³/mol. The third-order valence-electron chi connectivity index (χ3n) is 2.83. The fraction of sp³-hybridized carbons (Fsp3) is 0.417. The van der Waals surface area contributed by atoms with Crippen LogP contribution in [0.2, 0.25) is 5.02 Å². The maximum Gasteiger partial charge on any atom is 0.439 e. The minimum Gasteiger partial charge on any atom is -0.346 e. The molecule has 142 valence electrons. The summed E-state index contributed by atoms with van der Waals surface area (Å²) in [7, 11) is 0. The molecule has 1 rings (SSSR count). The zero-order chi connectivity index (χ0) is 19.8. The van der Waals surface area contributed by atoms with Crippen molar-refractivity contribution in [1.82, 2.24) is 5.32 Å². The van der Waals surface area contributed by atoms with E-state index in [9.17, 15) is 44.3 Å². The number of rotatable bonds is 3. The average Bonchev–Trinajstić information content (AvgIpc) is 2.35. The molecule has 0 aliphatic heterocycles. The molecule has 0 atom stereocenters. The molecule has 0 aliphatic carbocycles. The van der Waals surface area contributed by atoms with Crippen LogP contribution in [0.15, 0.2) is 18.2 Å². The number of halogens is 10. The first-order chi connectivity index (χ1) is 11.0. The van der Waals surface area contributed by atoms with Crippen LogP contribution >= 0.6 is 11.6 Å². The number of anilines is 1. The molecule has 0 aliphatic rings. The van der Waals surface area contributed by atoms with Gasteiger partial charge in [-0.15, -0.1) is 0 Å². The van der Waals surface area contributed by atoms with E-state index < -0.39 is 46.4 Å². The fourth-order valence-electron chi connectivity index (χ4n) is 1.74. The molecular formula is C12H8ClF9N2O. The molecule has 0 heterocycles. The molecule has 3 nitrogen and oxygen atoms in total. The largest absolute Gasteiger partial charge is 0.439 e. The van der Waals surface area contributed by atoms with Gasteiger partial charge in [-0.25, -0.2) is 0 Å². The van der Waals surface area contributed by atoms with E-state index in [1.165, 1.54) is 0 Å². The summed E-state index contributed by atoms with van der Waals surface area (Å²) >= 11 is 5.41. The second-order valence-electron chi connectivity index (χ2n) is 4.74. The lowest BCUT2D eigenvalue weighted by Crippen LogP contribution is -2.72. The summed E-state index contributed by atoms with van der Waals surface area (Å²) in [5.74, 6) is -1.73. The normalized spacial score (nSPS) is 13.6. The molecule has 0 fully saturated rings. The monoisotopic (exact) mass is 402 g/mol. The van der Waals surface area contributed by atoms with Crippen LogP contribution in [-0.4, -0.2) is 23.9 Å². The van der Waals surface area contributed by atoms with Crippen LogP contribution in [-0.2, 0) is 11.0 Å². The number of nitrogens with one attached hydrogen (secondary N) is 2. The summed E-state index contributed by atoms with van der Waals surface area (Å²) in [4.78, 5) is 10.9. The van der Waals surface area contributed by atoms with Gasteiger partial charge in [0.25, 0.3) is 0 Å². The van der Waals surface area contributed by atoms with Crippen molar-refractivity contribution in [2.24, 2.45) is 0 Å². The van der Waals surface area contributed by atoms with Gasteiger partial charge in [0.1, 0.15) is 0 Å². The van der Waals surface area contributed by atoms with Crippen LogP contribution in [0.4, 0.5) is 45.2 Å². The Bertz CT molecular complexity index is 637. The lowest BCUT2D eigenvalue weighted by molar-refractivity contribution is -0.295. The smallest absolute Gasteiger partial charge is 0.346 e. The van der Waals surface area contributed by atoms with Gasteiger partial charge in [0.15, 0.2) is 0 Å². The van der Waals surface area contributed by atoms with Crippen molar-refractivity contribution in [3.63, 3.8) is 0 Å². The zero-order valence-corrected chi connectivity index (χ0v) is 12.7. The highest BCUT2D eigenvalue weighted by molar-refractivity contribution is 6.33. The second kappa shape index (κ2) is 6.46. The standard InChI is InChI=1S/C12H8ClF9N2O/c1-5(25)23-10(11(17,18)19,12(20,21)22)24-8-4-6(9(14,15)16)2-3-7(8)13/h2-4,24H,1H3,(H,23,25). The van der Waals surface area contributed by atoms with Gasteiger partial charge in [0.05, 0.1) is 16.3 Å². The fourth-order valence-corrected chi connectivity index (χ4v) is 1.90. The summed E-state index contributed by atoms with van der Waals surface area (Å²) in [5, 5.41) is 0.687. The van der Waals surface area contributed by atoms with E-state index in [1.54, 1.807) is 0 Å². The Morgan fingerprint density at radius 1 is 0.960 bits per heavy atom.